The van der Waals surface area contributed by atoms with Crippen molar-refractivity contribution in [3.05, 3.63) is 0 Å². The van der Waals surface area contributed by atoms with Crippen molar-refractivity contribution in [3.63, 3.8) is 0 Å². The molecule has 138 valence electrons. The number of terminal acetylenes is 1. The van der Waals surface area contributed by atoms with Crippen LogP contribution in [0, 0.1) is 23.7 Å². The topological polar surface area (TPSA) is 21.7 Å². The second-order valence-electron chi connectivity index (χ2n) is 8.35. The molecule has 1 aliphatic heterocycles. The molecule has 0 aromatic carbocycles. The Hall–Kier alpha value is -0.560. The summed E-state index contributed by atoms with van der Waals surface area (Å²) in [5.41, 5.74) is 0.440. The first-order valence-corrected chi connectivity index (χ1v) is 9.92. The van der Waals surface area contributed by atoms with Gasteiger partial charge < -0.3 is 9.47 Å². The third kappa shape index (κ3) is 4.97. The van der Waals surface area contributed by atoms with Gasteiger partial charge in [0.05, 0.1) is 19.3 Å². The van der Waals surface area contributed by atoms with Crippen molar-refractivity contribution in [2.75, 3.05) is 26.2 Å². The average Bonchev–Trinajstić information content (AvgIpc) is 2.96. The van der Waals surface area contributed by atoms with Gasteiger partial charge in [-0.05, 0) is 43.6 Å². The second-order valence-corrected chi connectivity index (χ2v) is 8.35. The summed E-state index contributed by atoms with van der Waals surface area (Å²) in [6.45, 7) is 12.9. The molecule has 0 aromatic heterocycles. The lowest BCUT2D eigenvalue weighted by Crippen LogP contribution is -2.39. The third-order valence-electron chi connectivity index (χ3n) is 6.30. The molecule has 0 amide bonds. The highest BCUT2D eigenvalue weighted by atomic mass is 16.7. The van der Waals surface area contributed by atoms with E-state index in [9.17, 15) is 0 Å². The van der Waals surface area contributed by atoms with E-state index in [1.54, 1.807) is 0 Å². The summed E-state index contributed by atoms with van der Waals surface area (Å²) in [7, 11) is 0. The highest BCUT2D eigenvalue weighted by molar-refractivity contribution is 4.91. The number of hydrogen-bond acceptors (Lipinski definition) is 3. The first kappa shape index (κ1) is 19.8. The van der Waals surface area contributed by atoms with Crippen molar-refractivity contribution in [3.8, 4) is 12.3 Å². The fourth-order valence-corrected chi connectivity index (χ4v) is 4.19. The minimum atomic E-state index is -0.285. The molecule has 3 heteroatoms. The van der Waals surface area contributed by atoms with Gasteiger partial charge in [0.15, 0.2) is 5.79 Å². The van der Waals surface area contributed by atoms with Crippen molar-refractivity contribution in [2.45, 2.75) is 84.5 Å². The summed E-state index contributed by atoms with van der Waals surface area (Å²) < 4.78 is 12.6. The van der Waals surface area contributed by atoms with E-state index in [0.29, 0.717) is 5.41 Å². The van der Waals surface area contributed by atoms with E-state index in [0.717, 1.165) is 57.8 Å². The predicted molar refractivity (Wildman–Crippen MR) is 99.8 cm³/mol. The summed E-state index contributed by atoms with van der Waals surface area (Å²) >= 11 is 0. The van der Waals surface area contributed by atoms with E-state index in [1.165, 1.54) is 19.3 Å². The van der Waals surface area contributed by atoms with Crippen LogP contribution in [0.5, 0.6) is 0 Å². The molecule has 1 heterocycles. The SMILES string of the molecule is C#CCN(CCC)CCC1COC2(CCC(C(C)(C)CC)CC2)O1. The summed E-state index contributed by atoms with van der Waals surface area (Å²) in [6, 6.07) is 0. The van der Waals surface area contributed by atoms with Crippen LogP contribution < -0.4 is 0 Å². The molecule has 2 aliphatic rings. The zero-order valence-electron chi connectivity index (χ0n) is 16.3. The van der Waals surface area contributed by atoms with Crippen molar-refractivity contribution in [2.24, 2.45) is 11.3 Å². The molecular weight excluding hydrogens is 298 g/mol. The average molecular weight is 336 g/mol. The minimum absolute atomic E-state index is 0.234. The van der Waals surface area contributed by atoms with E-state index in [-0.39, 0.29) is 11.9 Å². The van der Waals surface area contributed by atoms with Gasteiger partial charge in [0.1, 0.15) is 0 Å². The van der Waals surface area contributed by atoms with Gasteiger partial charge in [-0.25, -0.2) is 0 Å². The summed E-state index contributed by atoms with van der Waals surface area (Å²) in [6.07, 6.45) is 13.7. The summed E-state index contributed by atoms with van der Waals surface area (Å²) in [5.74, 6) is 3.28. The van der Waals surface area contributed by atoms with Crippen LogP contribution in [0.25, 0.3) is 0 Å². The zero-order chi connectivity index (χ0) is 17.6. The van der Waals surface area contributed by atoms with E-state index in [4.69, 9.17) is 15.9 Å². The monoisotopic (exact) mass is 335 g/mol. The van der Waals surface area contributed by atoms with Gasteiger partial charge in [0.25, 0.3) is 0 Å². The van der Waals surface area contributed by atoms with Gasteiger partial charge in [0.2, 0.25) is 0 Å². The summed E-state index contributed by atoms with van der Waals surface area (Å²) in [5, 5.41) is 0. The lowest BCUT2D eigenvalue weighted by atomic mass is 9.68. The normalized spacial score (nSPS) is 30.8. The molecule has 0 radical (unpaired) electrons. The van der Waals surface area contributed by atoms with Crippen LogP contribution >= 0.6 is 0 Å². The standard InChI is InChI=1S/C21H37NO2/c1-6-14-22(15-7-2)16-11-19-17-23-21(24-19)12-9-18(10-13-21)20(4,5)8-3/h1,18-19H,7-17H2,2-5H3. The van der Waals surface area contributed by atoms with Crippen molar-refractivity contribution >= 4 is 0 Å². The number of ether oxygens (including phenoxy) is 2. The van der Waals surface area contributed by atoms with Gasteiger partial charge in [-0.15, -0.1) is 6.42 Å². The van der Waals surface area contributed by atoms with Gasteiger partial charge >= 0.3 is 0 Å². The molecule has 3 nitrogen and oxygen atoms in total. The van der Waals surface area contributed by atoms with Gasteiger partial charge in [-0.1, -0.05) is 40.0 Å². The highest BCUT2D eigenvalue weighted by Gasteiger charge is 2.46. The molecular formula is C21H37NO2. The smallest absolute Gasteiger partial charge is 0.168 e. The Morgan fingerprint density at radius 2 is 1.92 bits per heavy atom. The Bertz CT molecular complexity index is 418. The first-order chi connectivity index (χ1) is 11.4. The molecule has 1 saturated heterocycles. The van der Waals surface area contributed by atoms with Crippen molar-refractivity contribution in [1.29, 1.82) is 0 Å². The van der Waals surface area contributed by atoms with Crippen LogP contribution in [-0.2, 0) is 9.47 Å². The van der Waals surface area contributed by atoms with Crippen molar-refractivity contribution in [1.82, 2.24) is 4.90 Å². The molecule has 0 aromatic rings. The lowest BCUT2D eigenvalue weighted by molar-refractivity contribution is -0.197. The van der Waals surface area contributed by atoms with Gasteiger partial charge in [0, 0.05) is 19.4 Å². The highest BCUT2D eigenvalue weighted by Crippen LogP contribution is 2.47. The fraction of sp³-hybridized carbons (Fsp3) is 0.905. The molecule has 24 heavy (non-hydrogen) atoms. The molecule has 1 aliphatic carbocycles. The number of hydrogen-bond donors (Lipinski definition) is 0. The third-order valence-corrected chi connectivity index (χ3v) is 6.30. The Labute approximate surface area is 149 Å². The second kappa shape index (κ2) is 8.70. The van der Waals surface area contributed by atoms with E-state index in [1.807, 2.05) is 0 Å². The number of nitrogens with zero attached hydrogens (tertiary/aromatic N) is 1. The zero-order valence-corrected chi connectivity index (χ0v) is 16.3. The van der Waals surface area contributed by atoms with Crippen LogP contribution in [0.3, 0.4) is 0 Å². The maximum Gasteiger partial charge on any atom is 0.168 e. The van der Waals surface area contributed by atoms with E-state index in [2.05, 4.69) is 38.5 Å². The maximum atomic E-state index is 6.39. The van der Waals surface area contributed by atoms with Crippen LogP contribution in [0.15, 0.2) is 0 Å². The summed E-state index contributed by atoms with van der Waals surface area (Å²) in [4.78, 5) is 2.34. The Kier molecular flexibility index (Phi) is 7.16. The minimum Gasteiger partial charge on any atom is -0.347 e. The van der Waals surface area contributed by atoms with Crippen LogP contribution in [0.4, 0.5) is 0 Å². The quantitative estimate of drug-likeness (QED) is 0.611. The predicted octanol–water partition coefficient (Wildman–Crippen LogP) is 4.46. The van der Waals surface area contributed by atoms with Gasteiger partial charge in [-0.3, -0.25) is 4.90 Å². The molecule has 0 N–H and O–H groups in total. The maximum absolute atomic E-state index is 6.39. The van der Waals surface area contributed by atoms with E-state index < -0.39 is 0 Å². The molecule has 2 fully saturated rings. The Balaban J connectivity index is 1.78. The van der Waals surface area contributed by atoms with E-state index >= 15 is 0 Å². The Morgan fingerprint density at radius 1 is 1.21 bits per heavy atom. The lowest BCUT2D eigenvalue weighted by Gasteiger charge is -2.42. The fourth-order valence-electron chi connectivity index (χ4n) is 4.19. The van der Waals surface area contributed by atoms with Gasteiger partial charge in [-0.2, -0.15) is 0 Å². The molecule has 0 bridgehead atoms. The van der Waals surface area contributed by atoms with Crippen molar-refractivity contribution < 1.29 is 9.47 Å². The largest absolute Gasteiger partial charge is 0.347 e. The van der Waals surface area contributed by atoms with Crippen LogP contribution in [-0.4, -0.2) is 43.0 Å². The molecule has 1 atom stereocenters. The molecule has 1 spiro atoms. The van der Waals surface area contributed by atoms with Crippen LogP contribution in [0.1, 0.15) is 72.6 Å². The first-order valence-electron chi connectivity index (χ1n) is 9.92. The Morgan fingerprint density at radius 3 is 2.50 bits per heavy atom. The van der Waals surface area contributed by atoms with Crippen LogP contribution in [0.2, 0.25) is 0 Å². The number of rotatable bonds is 8. The molecule has 2 rings (SSSR count). The molecule has 1 unspecified atom stereocenters. The molecule has 1 saturated carbocycles.